The monoisotopic (exact) mass is 406 g/mol. The van der Waals surface area contributed by atoms with Crippen LogP contribution in [-0.4, -0.2) is 30.2 Å². The van der Waals surface area contributed by atoms with Gasteiger partial charge < -0.3 is 14.0 Å². The molecule has 0 unspecified atom stereocenters. The van der Waals surface area contributed by atoms with E-state index in [4.69, 9.17) is 9.47 Å². The highest BCUT2D eigenvalue weighted by molar-refractivity contribution is 7.16. The van der Waals surface area contributed by atoms with E-state index in [9.17, 15) is 18.4 Å². The maximum absolute atomic E-state index is 13.9. The Bertz CT molecular complexity index is 1100. The second-order valence-electron chi connectivity index (χ2n) is 5.62. The van der Waals surface area contributed by atoms with Crippen LogP contribution in [-0.2, 0) is 16.1 Å². The van der Waals surface area contributed by atoms with Crippen LogP contribution in [0.25, 0.3) is 10.2 Å². The summed E-state index contributed by atoms with van der Waals surface area (Å²) < 4.78 is 40.1. The zero-order chi connectivity index (χ0) is 20.3. The van der Waals surface area contributed by atoms with Crippen molar-refractivity contribution in [2.75, 3.05) is 13.7 Å². The first-order valence-electron chi connectivity index (χ1n) is 8.30. The molecule has 0 bridgehead atoms. The number of hydrogen-bond donors (Lipinski definition) is 0. The van der Waals surface area contributed by atoms with Crippen LogP contribution in [0.4, 0.5) is 8.78 Å². The second kappa shape index (κ2) is 8.30. The lowest BCUT2D eigenvalue weighted by molar-refractivity contribution is -0.143. The summed E-state index contributed by atoms with van der Waals surface area (Å²) in [6, 6.07) is 8.24. The molecular weight excluding hydrogens is 390 g/mol. The lowest BCUT2D eigenvalue weighted by atomic mass is 10.2. The average Bonchev–Trinajstić information content (AvgIpc) is 2.98. The van der Waals surface area contributed by atoms with E-state index >= 15 is 0 Å². The smallest absolute Gasteiger partial charge is 0.326 e. The molecule has 146 valence electrons. The summed E-state index contributed by atoms with van der Waals surface area (Å²) in [4.78, 5) is 28.4. The molecule has 2 aromatic carbocycles. The molecule has 0 spiro atoms. The van der Waals surface area contributed by atoms with Gasteiger partial charge in [0.05, 0.1) is 23.9 Å². The number of nitrogens with zero attached hydrogens (tertiary/aromatic N) is 2. The van der Waals surface area contributed by atoms with Gasteiger partial charge in [0.15, 0.2) is 4.80 Å². The van der Waals surface area contributed by atoms with Crippen molar-refractivity contribution in [3.63, 3.8) is 0 Å². The van der Waals surface area contributed by atoms with E-state index in [2.05, 4.69) is 4.99 Å². The highest BCUT2D eigenvalue weighted by Gasteiger charge is 2.18. The number of ether oxygens (including phenoxy) is 2. The molecule has 0 radical (unpaired) electrons. The van der Waals surface area contributed by atoms with Gasteiger partial charge in [-0.15, -0.1) is 0 Å². The van der Waals surface area contributed by atoms with Gasteiger partial charge in [0.1, 0.15) is 29.5 Å². The maximum Gasteiger partial charge on any atom is 0.326 e. The molecule has 0 saturated heterocycles. The Kier molecular flexibility index (Phi) is 5.84. The van der Waals surface area contributed by atoms with Crippen LogP contribution in [0.3, 0.4) is 0 Å². The minimum atomic E-state index is -1.08. The number of carbonyl (C=O) groups excluding carboxylic acids is 2. The van der Waals surface area contributed by atoms with Gasteiger partial charge in [-0.1, -0.05) is 17.4 Å². The molecule has 1 heterocycles. The van der Waals surface area contributed by atoms with E-state index in [1.807, 2.05) is 0 Å². The number of aromatic nitrogens is 1. The minimum Gasteiger partial charge on any atom is -0.497 e. The number of hydrogen-bond acceptors (Lipinski definition) is 5. The van der Waals surface area contributed by atoms with E-state index < -0.39 is 29.1 Å². The van der Waals surface area contributed by atoms with Crippen LogP contribution in [0.1, 0.15) is 17.3 Å². The maximum atomic E-state index is 13.9. The van der Waals surface area contributed by atoms with Gasteiger partial charge in [-0.25, -0.2) is 8.78 Å². The van der Waals surface area contributed by atoms with Gasteiger partial charge in [-0.3, -0.25) is 9.59 Å². The summed E-state index contributed by atoms with van der Waals surface area (Å²) in [6.07, 6.45) is 0. The fourth-order valence-corrected chi connectivity index (χ4v) is 3.66. The molecule has 0 fully saturated rings. The number of fused-ring (bicyclic) bond motifs is 1. The topological polar surface area (TPSA) is 69.9 Å². The first-order valence-corrected chi connectivity index (χ1v) is 9.12. The van der Waals surface area contributed by atoms with Crippen LogP contribution in [0.2, 0.25) is 0 Å². The lowest BCUT2D eigenvalue weighted by Gasteiger charge is -2.06. The number of esters is 1. The SMILES string of the molecule is CCOC(=O)Cn1c(=NC(=O)c2c(F)cccc2F)sc2cc(OC)ccc21. The largest absolute Gasteiger partial charge is 0.497 e. The van der Waals surface area contributed by atoms with Crippen molar-refractivity contribution in [1.29, 1.82) is 0 Å². The molecule has 0 aliphatic heterocycles. The number of carbonyl (C=O) groups is 2. The number of thiazole rings is 1. The van der Waals surface area contributed by atoms with Gasteiger partial charge in [0, 0.05) is 0 Å². The molecule has 28 heavy (non-hydrogen) atoms. The van der Waals surface area contributed by atoms with Gasteiger partial charge in [-0.05, 0) is 37.3 Å². The quantitative estimate of drug-likeness (QED) is 0.610. The van der Waals surface area contributed by atoms with Crippen molar-refractivity contribution in [2.45, 2.75) is 13.5 Å². The molecule has 0 N–H and O–H groups in total. The third-order valence-corrected chi connectivity index (χ3v) is 4.90. The number of rotatable bonds is 5. The third kappa shape index (κ3) is 3.94. The third-order valence-electron chi connectivity index (χ3n) is 3.86. The van der Waals surface area contributed by atoms with Gasteiger partial charge in [0.2, 0.25) is 0 Å². The summed E-state index contributed by atoms with van der Waals surface area (Å²) in [7, 11) is 1.51. The van der Waals surface area contributed by atoms with E-state index in [1.165, 1.54) is 11.7 Å². The molecule has 1 aromatic heterocycles. The molecule has 6 nitrogen and oxygen atoms in total. The molecule has 0 atom stereocenters. The fraction of sp³-hybridized carbons (Fsp3) is 0.211. The molecule has 3 aromatic rings. The van der Waals surface area contributed by atoms with Crippen LogP contribution in [0, 0.1) is 11.6 Å². The van der Waals surface area contributed by atoms with Crippen molar-refractivity contribution in [1.82, 2.24) is 4.57 Å². The Morgan fingerprint density at radius 2 is 1.89 bits per heavy atom. The first-order chi connectivity index (χ1) is 13.4. The molecule has 0 aliphatic carbocycles. The van der Waals surface area contributed by atoms with Crippen molar-refractivity contribution in [3.8, 4) is 5.75 Å². The van der Waals surface area contributed by atoms with Crippen LogP contribution in [0.15, 0.2) is 41.4 Å². The minimum absolute atomic E-state index is 0.115. The van der Waals surface area contributed by atoms with Crippen molar-refractivity contribution in [3.05, 3.63) is 58.4 Å². The summed E-state index contributed by atoms with van der Waals surface area (Å²) in [5.41, 5.74) is -0.139. The number of halogens is 2. The van der Waals surface area contributed by atoms with Crippen molar-refractivity contribution in [2.24, 2.45) is 4.99 Å². The Balaban J connectivity index is 2.16. The van der Waals surface area contributed by atoms with Crippen LogP contribution >= 0.6 is 11.3 Å². The van der Waals surface area contributed by atoms with Crippen LogP contribution < -0.4 is 9.54 Å². The number of methoxy groups -OCH3 is 1. The van der Waals surface area contributed by atoms with Crippen LogP contribution in [0.5, 0.6) is 5.75 Å². The summed E-state index contributed by atoms with van der Waals surface area (Å²) in [5, 5.41) is 0. The van der Waals surface area contributed by atoms with E-state index in [-0.39, 0.29) is 18.0 Å². The standard InChI is InChI=1S/C19H16F2N2O4S/c1-3-27-16(24)10-23-14-8-7-11(26-2)9-15(14)28-19(23)22-18(25)17-12(20)5-4-6-13(17)21/h4-9H,3,10H2,1-2H3. The van der Waals surface area contributed by atoms with Gasteiger partial charge in [0.25, 0.3) is 5.91 Å². The highest BCUT2D eigenvalue weighted by atomic mass is 32.1. The Morgan fingerprint density at radius 1 is 1.18 bits per heavy atom. The zero-order valence-corrected chi connectivity index (χ0v) is 15.9. The summed E-state index contributed by atoms with van der Waals surface area (Å²) >= 11 is 1.09. The molecule has 1 amide bonds. The number of amides is 1. The van der Waals surface area contributed by atoms with Gasteiger partial charge >= 0.3 is 5.97 Å². The molecular formula is C19H16F2N2O4S. The predicted molar refractivity (Wildman–Crippen MR) is 99.3 cm³/mol. The Hall–Kier alpha value is -3.07. The molecule has 0 saturated carbocycles. The summed E-state index contributed by atoms with van der Waals surface area (Å²) in [5.74, 6) is -3.03. The van der Waals surface area contributed by atoms with Crippen molar-refractivity contribution >= 4 is 33.4 Å². The fourth-order valence-electron chi connectivity index (χ4n) is 2.60. The van der Waals surface area contributed by atoms with E-state index in [0.717, 1.165) is 29.5 Å². The highest BCUT2D eigenvalue weighted by Crippen LogP contribution is 2.23. The van der Waals surface area contributed by atoms with E-state index in [1.54, 1.807) is 25.1 Å². The number of benzene rings is 2. The average molecular weight is 406 g/mol. The molecule has 9 heteroatoms. The Labute approximate surface area is 162 Å². The second-order valence-corrected chi connectivity index (χ2v) is 6.63. The summed E-state index contributed by atoms with van der Waals surface area (Å²) in [6.45, 7) is 1.67. The Morgan fingerprint density at radius 3 is 2.54 bits per heavy atom. The zero-order valence-electron chi connectivity index (χ0n) is 15.1. The molecule has 0 aliphatic rings. The first kappa shape index (κ1) is 19.7. The normalized spacial score (nSPS) is 11.6. The van der Waals surface area contributed by atoms with E-state index in [0.29, 0.717) is 16.0 Å². The molecule has 3 rings (SSSR count). The predicted octanol–water partition coefficient (Wildman–Crippen LogP) is 3.29. The lowest BCUT2D eigenvalue weighted by Crippen LogP contribution is -2.23. The van der Waals surface area contributed by atoms with Gasteiger partial charge in [-0.2, -0.15) is 4.99 Å². The van der Waals surface area contributed by atoms with Crippen molar-refractivity contribution < 1.29 is 27.8 Å².